The van der Waals surface area contributed by atoms with Gasteiger partial charge in [0.15, 0.2) is 0 Å². The van der Waals surface area contributed by atoms with Gasteiger partial charge >= 0.3 is 0 Å². The zero-order valence-electron chi connectivity index (χ0n) is 8.89. The molecule has 1 aromatic rings. The molecule has 0 bridgehead atoms. The van der Waals surface area contributed by atoms with E-state index < -0.39 is 5.91 Å². The van der Waals surface area contributed by atoms with Gasteiger partial charge < -0.3 is 16.4 Å². The predicted octanol–water partition coefficient (Wildman–Crippen LogP) is -0.457. The van der Waals surface area contributed by atoms with E-state index in [1.54, 1.807) is 0 Å². The molecule has 1 amide bonds. The van der Waals surface area contributed by atoms with Crippen molar-refractivity contribution in [2.45, 2.75) is 19.3 Å². The molecule has 0 radical (unpaired) electrons. The topological polar surface area (TPSA) is 111 Å². The van der Waals surface area contributed by atoms with Crippen LogP contribution in [0.15, 0.2) is 0 Å². The SMILES string of the molecule is NC(=O)c1nc(N)nc(N2CCCCC2)n1. The van der Waals surface area contributed by atoms with Gasteiger partial charge in [-0.2, -0.15) is 15.0 Å². The minimum Gasteiger partial charge on any atom is -0.368 e. The lowest BCUT2D eigenvalue weighted by molar-refractivity contribution is 0.0990. The molecule has 1 aliphatic heterocycles. The second-order valence-electron chi connectivity index (χ2n) is 3.73. The van der Waals surface area contributed by atoms with Crippen molar-refractivity contribution < 1.29 is 4.79 Å². The van der Waals surface area contributed by atoms with Crippen LogP contribution >= 0.6 is 0 Å². The number of amides is 1. The number of hydrogen-bond acceptors (Lipinski definition) is 6. The zero-order valence-corrected chi connectivity index (χ0v) is 8.89. The Kier molecular flexibility index (Phi) is 2.84. The lowest BCUT2D eigenvalue weighted by atomic mass is 10.1. The molecular weight excluding hydrogens is 208 g/mol. The van der Waals surface area contributed by atoms with Crippen LogP contribution in [0.2, 0.25) is 0 Å². The Hall–Kier alpha value is -1.92. The molecule has 1 fully saturated rings. The number of carbonyl (C=O) groups excluding carboxylic acids is 1. The van der Waals surface area contributed by atoms with E-state index in [2.05, 4.69) is 15.0 Å². The van der Waals surface area contributed by atoms with E-state index in [1.165, 1.54) is 6.42 Å². The van der Waals surface area contributed by atoms with Crippen LogP contribution in [0.5, 0.6) is 0 Å². The zero-order chi connectivity index (χ0) is 11.5. The molecule has 0 unspecified atom stereocenters. The van der Waals surface area contributed by atoms with Gasteiger partial charge in [-0.05, 0) is 19.3 Å². The Morgan fingerprint density at radius 3 is 2.44 bits per heavy atom. The Labute approximate surface area is 92.9 Å². The number of rotatable bonds is 2. The van der Waals surface area contributed by atoms with Gasteiger partial charge in [0.25, 0.3) is 5.91 Å². The van der Waals surface area contributed by atoms with E-state index in [1.807, 2.05) is 4.90 Å². The molecule has 0 atom stereocenters. The van der Waals surface area contributed by atoms with Crippen molar-refractivity contribution in [3.05, 3.63) is 5.82 Å². The number of anilines is 2. The van der Waals surface area contributed by atoms with Gasteiger partial charge in [0.1, 0.15) is 0 Å². The van der Waals surface area contributed by atoms with Gasteiger partial charge in [-0.3, -0.25) is 4.79 Å². The molecule has 1 aliphatic rings. The monoisotopic (exact) mass is 222 g/mol. The highest BCUT2D eigenvalue weighted by atomic mass is 16.1. The minimum atomic E-state index is -0.688. The molecule has 7 nitrogen and oxygen atoms in total. The van der Waals surface area contributed by atoms with Gasteiger partial charge in [-0.25, -0.2) is 0 Å². The Morgan fingerprint density at radius 1 is 1.12 bits per heavy atom. The van der Waals surface area contributed by atoms with Crippen LogP contribution in [0.25, 0.3) is 0 Å². The van der Waals surface area contributed by atoms with Crippen molar-refractivity contribution >= 4 is 17.8 Å². The Morgan fingerprint density at radius 2 is 1.81 bits per heavy atom. The van der Waals surface area contributed by atoms with Crippen LogP contribution in [-0.2, 0) is 0 Å². The smallest absolute Gasteiger partial charge is 0.286 e. The first-order valence-electron chi connectivity index (χ1n) is 5.23. The summed E-state index contributed by atoms with van der Waals surface area (Å²) in [6.45, 7) is 1.75. The predicted molar refractivity (Wildman–Crippen MR) is 58.8 cm³/mol. The molecule has 1 aromatic heterocycles. The molecular formula is C9H14N6O. The van der Waals surface area contributed by atoms with Gasteiger partial charge in [-0.1, -0.05) is 0 Å². The molecule has 2 rings (SSSR count). The first kappa shape index (κ1) is 10.6. The summed E-state index contributed by atoms with van der Waals surface area (Å²) in [5, 5.41) is 0. The summed E-state index contributed by atoms with van der Waals surface area (Å²) in [5.41, 5.74) is 10.6. The molecule has 4 N–H and O–H groups in total. The van der Waals surface area contributed by atoms with Crippen molar-refractivity contribution in [1.82, 2.24) is 15.0 Å². The van der Waals surface area contributed by atoms with Crippen molar-refractivity contribution in [2.24, 2.45) is 5.73 Å². The minimum absolute atomic E-state index is 0.0318. The van der Waals surface area contributed by atoms with E-state index in [0.29, 0.717) is 5.95 Å². The number of nitrogen functional groups attached to an aromatic ring is 1. The van der Waals surface area contributed by atoms with Crippen LogP contribution < -0.4 is 16.4 Å². The molecule has 0 aliphatic carbocycles. The van der Waals surface area contributed by atoms with Gasteiger partial charge in [0.05, 0.1) is 0 Å². The average Bonchev–Trinajstić information content (AvgIpc) is 2.29. The maximum atomic E-state index is 11.0. The molecule has 0 spiro atoms. The first-order valence-corrected chi connectivity index (χ1v) is 5.23. The summed E-state index contributed by atoms with van der Waals surface area (Å²) in [6.07, 6.45) is 3.40. The second kappa shape index (κ2) is 4.30. The van der Waals surface area contributed by atoms with E-state index in [4.69, 9.17) is 11.5 Å². The van der Waals surface area contributed by atoms with E-state index >= 15 is 0 Å². The van der Waals surface area contributed by atoms with E-state index in [9.17, 15) is 4.79 Å². The highest BCUT2D eigenvalue weighted by molar-refractivity contribution is 5.89. The molecule has 2 heterocycles. The first-order chi connectivity index (χ1) is 7.66. The fourth-order valence-corrected chi connectivity index (χ4v) is 1.73. The largest absolute Gasteiger partial charge is 0.368 e. The van der Waals surface area contributed by atoms with Crippen LogP contribution in [0.4, 0.5) is 11.9 Å². The van der Waals surface area contributed by atoms with Crippen molar-refractivity contribution in [3.8, 4) is 0 Å². The fourth-order valence-electron chi connectivity index (χ4n) is 1.73. The summed E-state index contributed by atoms with van der Waals surface area (Å²) < 4.78 is 0. The van der Waals surface area contributed by atoms with Gasteiger partial charge in [0, 0.05) is 13.1 Å². The van der Waals surface area contributed by atoms with Crippen molar-refractivity contribution in [3.63, 3.8) is 0 Å². The number of hydrogen-bond donors (Lipinski definition) is 2. The molecule has 16 heavy (non-hydrogen) atoms. The Bertz CT molecular complexity index is 401. The quantitative estimate of drug-likeness (QED) is 0.700. The lowest BCUT2D eigenvalue weighted by Gasteiger charge is -2.26. The van der Waals surface area contributed by atoms with Crippen LogP contribution in [0.1, 0.15) is 29.9 Å². The second-order valence-corrected chi connectivity index (χ2v) is 3.73. The third kappa shape index (κ3) is 2.18. The maximum absolute atomic E-state index is 11.0. The third-order valence-electron chi connectivity index (χ3n) is 2.50. The molecule has 1 saturated heterocycles. The number of nitrogens with zero attached hydrogens (tertiary/aromatic N) is 4. The Balaban J connectivity index is 2.28. The van der Waals surface area contributed by atoms with Gasteiger partial charge in [0.2, 0.25) is 17.7 Å². The molecule has 0 saturated carbocycles. The number of nitrogens with two attached hydrogens (primary N) is 2. The summed E-state index contributed by atoms with van der Waals surface area (Å²) in [6, 6.07) is 0. The lowest BCUT2D eigenvalue weighted by Crippen LogP contribution is -2.32. The number of piperidine rings is 1. The summed E-state index contributed by atoms with van der Waals surface area (Å²) in [4.78, 5) is 24.7. The highest BCUT2D eigenvalue weighted by Gasteiger charge is 2.16. The van der Waals surface area contributed by atoms with Crippen molar-refractivity contribution in [2.75, 3.05) is 23.7 Å². The summed E-state index contributed by atoms with van der Waals surface area (Å²) in [5.74, 6) is -0.286. The summed E-state index contributed by atoms with van der Waals surface area (Å²) in [7, 11) is 0. The number of carbonyl (C=O) groups is 1. The average molecular weight is 222 g/mol. The van der Waals surface area contributed by atoms with Crippen LogP contribution in [0, 0.1) is 0 Å². The van der Waals surface area contributed by atoms with Crippen LogP contribution in [-0.4, -0.2) is 33.9 Å². The normalized spacial score (nSPS) is 16.1. The molecule has 0 aromatic carbocycles. The summed E-state index contributed by atoms with van der Waals surface area (Å²) >= 11 is 0. The standard InChI is InChI=1S/C9H14N6O/c10-6(16)7-12-8(11)14-9(13-7)15-4-2-1-3-5-15/h1-5H2,(H2,10,16)(H2,11,12,13,14). The number of primary amides is 1. The maximum Gasteiger partial charge on any atom is 0.286 e. The van der Waals surface area contributed by atoms with E-state index in [-0.39, 0.29) is 11.8 Å². The highest BCUT2D eigenvalue weighted by Crippen LogP contribution is 2.15. The fraction of sp³-hybridized carbons (Fsp3) is 0.556. The molecule has 7 heteroatoms. The van der Waals surface area contributed by atoms with Crippen LogP contribution in [0.3, 0.4) is 0 Å². The van der Waals surface area contributed by atoms with E-state index in [0.717, 1.165) is 25.9 Å². The third-order valence-corrected chi connectivity index (χ3v) is 2.50. The van der Waals surface area contributed by atoms with Gasteiger partial charge in [-0.15, -0.1) is 0 Å². The van der Waals surface area contributed by atoms with Crippen molar-refractivity contribution in [1.29, 1.82) is 0 Å². The number of aromatic nitrogens is 3. The molecule has 86 valence electrons.